The number of likely N-dealkylation sites (N-methyl/N-ethyl adjacent to an activating group) is 1. The van der Waals surface area contributed by atoms with Crippen LogP contribution >= 0.6 is 0 Å². The maximum absolute atomic E-state index is 12.1. The van der Waals surface area contributed by atoms with Crippen LogP contribution in [0.5, 0.6) is 0 Å². The fraction of sp³-hybridized carbons (Fsp3) is 0.556. The van der Waals surface area contributed by atoms with Gasteiger partial charge in [0, 0.05) is 37.4 Å². The Morgan fingerprint density at radius 3 is 2.17 bits per heavy atom. The number of ether oxygens (including phenoxy) is 1. The molecule has 0 saturated carbocycles. The van der Waals surface area contributed by atoms with Crippen LogP contribution in [0.1, 0.15) is 31.1 Å². The number of ketones is 1. The first-order valence-electron chi connectivity index (χ1n) is 8.31. The molecule has 1 aromatic rings. The quantitative estimate of drug-likeness (QED) is 0.856. The summed E-state index contributed by atoms with van der Waals surface area (Å²) in [5.74, 6) is 0.0822. The molecule has 1 aliphatic rings. The van der Waals surface area contributed by atoms with Crippen molar-refractivity contribution in [2.45, 2.75) is 26.4 Å². The number of Topliss-reactive ketones (excluding diaryl/α,β-unsaturated/α-hetero) is 1. The standard InChI is InChI=1S/C18H27N3O3/c1-18(2,3)24-17(23)21-11-9-20(10-12-21)15-7-5-14(6-8-15)16(22)13-19-4/h5-8,19H,9-13H2,1-4H3. The number of nitrogens with zero attached hydrogens (tertiary/aromatic N) is 2. The Balaban J connectivity index is 1.90. The van der Waals surface area contributed by atoms with Crippen molar-refractivity contribution < 1.29 is 14.3 Å². The molecular weight excluding hydrogens is 306 g/mol. The molecule has 0 radical (unpaired) electrons. The second kappa shape index (κ2) is 7.66. The smallest absolute Gasteiger partial charge is 0.410 e. The fourth-order valence-electron chi connectivity index (χ4n) is 2.59. The van der Waals surface area contributed by atoms with Gasteiger partial charge in [-0.05, 0) is 52.1 Å². The molecule has 2 rings (SSSR count). The second-order valence-electron chi connectivity index (χ2n) is 6.95. The molecule has 1 amide bonds. The highest BCUT2D eigenvalue weighted by Crippen LogP contribution is 2.19. The number of anilines is 1. The predicted octanol–water partition coefficient (Wildman–Crippen LogP) is 2.15. The van der Waals surface area contributed by atoms with Crippen molar-refractivity contribution >= 4 is 17.6 Å². The molecular formula is C18H27N3O3. The van der Waals surface area contributed by atoms with Gasteiger partial charge < -0.3 is 19.9 Å². The number of nitrogens with one attached hydrogen (secondary N) is 1. The monoisotopic (exact) mass is 333 g/mol. The average Bonchev–Trinajstić information content (AvgIpc) is 2.54. The van der Waals surface area contributed by atoms with Gasteiger partial charge in [-0.15, -0.1) is 0 Å². The molecule has 24 heavy (non-hydrogen) atoms. The molecule has 1 aromatic carbocycles. The largest absolute Gasteiger partial charge is 0.444 e. The molecule has 132 valence electrons. The molecule has 6 heteroatoms. The van der Waals surface area contributed by atoms with Crippen LogP contribution in [0.25, 0.3) is 0 Å². The van der Waals surface area contributed by atoms with Gasteiger partial charge in [0.15, 0.2) is 5.78 Å². The summed E-state index contributed by atoms with van der Waals surface area (Å²) in [4.78, 5) is 27.9. The van der Waals surface area contributed by atoms with Gasteiger partial charge >= 0.3 is 6.09 Å². The lowest BCUT2D eigenvalue weighted by molar-refractivity contribution is 0.0240. The molecule has 1 N–H and O–H groups in total. The Kier molecular flexibility index (Phi) is 5.83. The molecule has 0 unspecified atom stereocenters. The van der Waals surface area contributed by atoms with Crippen LogP contribution in [0, 0.1) is 0 Å². The van der Waals surface area contributed by atoms with Gasteiger partial charge in [0.25, 0.3) is 0 Å². The molecule has 6 nitrogen and oxygen atoms in total. The number of hydrogen-bond acceptors (Lipinski definition) is 5. The highest BCUT2D eigenvalue weighted by Gasteiger charge is 2.25. The van der Waals surface area contributed by atoms with E-state index in [-0.39, 0.29) is 11.9 Å². The predicted molar refractivity (Wildman–Crippen MR) is 94.7 cm³/mol. The average molecular weight is 333 g/mol. The zero-order chi connectivity index (χ0) is 17.7. The lowest BCUT2D eigenvalue weighted by Crippen LogP contribution is -2.50. The second-order valence-corrected chi connectivity index (χ2v) is 6.95. The van der Waals surface area contributed by atoms with Gasteiger partial charge in [0.1, 0.15) is 5.60 Å². The van der Waals surface area contributed by atoms with E-state index in [1.165, 1.54) is 0 Å². The SMILES string of the molecule is CNCC(=O)c1ccc(N2CCN(C(=O)OC(C)(C)C)CC2)cc1. The Morgan fingerprint density at radius 2 is 1.67 bits per heavy atom. The summed E-state index contributed by atoms with van der Waals surface area (Å²) in [5.41, 5.74) is 1.31. The minimum absolute atomic E-state index is 0.0822. The first kappa shape index (κ1) is 18.3. The summed E-state index contributed by atoms with van der Waals surface area (Å²) in [6, 6.07) is 7.64. The van der Waals surface area contributed by atoms with Crippen LogP contribution in [0.4, 0.5) is 10.5 Å². The lowest BCUT2D eigenvalue weighted by Gasteiger charge is -2.36. The van der Waals surface area contributed by atoms with Crippen LogP contribution in [0.15, 0.2) is 24.3 Å². The molecule has 0 aliphatic carbocycles. The maximum Gasteiger partial charge on any atom is 0.410 e. The molecule has 1 heterocycles. The number of hydrogen-bond donors (Lipinski definition) is 1. The first-order valence-corrected chi connectivity index (χ1v) is 8.31. The van der Waals surface area contributed by atoms with Gasteiger partial charge in [-0.25, -0.2) is 4.79 Å². The fourth-order valence-corrected chi connectivity index (χ4v) is 2.59. The highest BCUT2D eigenvalue weighted by atomic mass is 16.6. The van der Waals surface area contributed by atoms with Gasteiger partial charge in [-0.3, -0.25) is 4.79 Å². The number of amides is 1. The molecule has 1 aliphatic heterocycles. The summed E-state index contributed by atoms with van der Waals surface area (Å²) in [6.45, 7) is 8.74. The third-order valence-corrected chi connectivity index (χ3v) is 3.82. The minimum Gasteiger partial charge on any atom is -0.444 e. The maximum atomic E-state index is 12.1. The Morgan fingerprint density at radius 1 is 1.08 bits per heavy atom. The van der Waals surface area contributed by atoms with Crippen LogP contribution in [0.3, 0.4) is 0 Å². The van der Waals surface area contributed by atoms with E-state index in [4.69, 9.17) is 4.74 Å². The number of rotatable bonds is 4. The molecule has 1 saturated heterocycles. The Bertz CT molecular complexity index is 570. The third kappa shape index (κ3) is 4.96. The van der Waals surface area contributed by atoms with E-state index in [0.29, 0.717) is 25.2 Å². The van der Waals surface area contributed by atoms with Crippen LogP contribution in [-0.2, 0) is 4.74 Å². The van der Waals surface area contributed by atoms with Crippen molar-refractivity contribution in [3.63, 3.8) is 0 Å². The van der Waals surface area contributed by atoms with Gasteiger partial charge in [0.2, 0.25) is 0 Å². The molecule has 1 fully saturated rings. The zero-order valence-corrected chi connectivity index (χ0v) is 15.0. The molecule has 0 bridgehead atoms. The van der Waals surface area contributed by atoms with E-state index < -0.39 is 5.60 Å². The summed E-state index contributed by atoms with van der Waals surface area (Å²) < 4.78 is 5.41. The van der Waals surface area contributed by atoms with Crippen molar-refractivity contribution in [2.24, 2.45) is 0 Å². The van der Waals surface area contributed by atoms with Gasteiger partial charge in [-0.2, -0.15) is 0 Å². The normalized spacial score (nSPS) is 15.3. The third-order valence-electron chi connectivity index (χ3n) is 3.82. The van der Waals surface area contributed by atoms with Crippen molar-refractivity contribution in [3.8, 4) is 0 Å². The van der Waals surface area contributed by atoms with Crippen molar-refractivity contribution in [1.29, 1.82) is 0 Å². The number of piperazine rings is 1. The van der Waals surface area contributed by atoms with E-state index in [2.05, 4.69) is 10.2 Å². The number of benzene rings is 1. The van der Waals surface area contributed by atoms with Gasteiger partial charge in [0.05, 0.1) is 6.54 Å². The lowest BCUT2D eigenvalue weighted by atomic mass is 10.1. The molecule has 0 aromatic heterocycles. The zero-order valence-electron chi connectivity index (χ0n) is 15.0. The van der Waals surface area contributed by atoms with E-state index in [0.717, 1.165) is 18.8 Å². The van der Waals surface area contributed by atoms with E-state index >= 15 is 0 Å². The van der Waals surface area contributed by atoms with Crippen molar-refractivity contribution in [3.05, 3.63) is 29.8 Å². The highest BCUT2D eigenvalue weighted by molar-refractivity contribution is 5.97. The Labute approximate surface area is 143 Å². The topological polar surface area (TPSA) is 61.9 Å². The van der Waals surface area contributed by atoms with Gasteiger partial charge in [-0.1, -0.05) is 0 Å². The molecule has 0 spiro atoms. The summed E-state index contributed by atoms with van der Waals surface area (Å²) >= 11 is 0. The van der Waals surface area contributed by atoms with Crippen LogP contribution in [0.2, 0.25) is 0 Å². The Hall–Kier alpha value is -2.08. The minimum atomic E-state index is -0.468. The summed E-state index contributed by atoms with van der Waals surface area (Å²) in [5, 5.41) is 2.87. The first-order chi connectivity index (χ1) is 11.3. The number of carbonyl (C=O) groups is 2. The van der Waals surface area contributed by atoms with E-state index in [9.17, 15) is 9.59 Å². The van der Waals surface area contributed by atoms with Crippen molar-refractivity contribution in [2.75, 3.05) is 44.7 Å². The molecule has 0 atom stereocenters. The summed E-state index contributed by atoms with van der Waals surface area (Å²) in [6.07, 6.45) is -0.254. The van der Waals surface area contributed by atoms with Crippen LogP contribution < -0.4 is 10.2 Å². The van der Waals surface area contributed by atoms with Crippen LogP contribution in [-0.4, -0.2) is 62.1 Å². The van der Waals surface area contributed by atoms with E-state index in [1.807, 2.05) is 45.0 Å². The number of carbonyl (C=O) groups excluding carboxylic acids is 2. The van der Waals surface area contributed by atoms with Crippen molar-refractivity contribution in [1.82, 2.24) is 10.2 Å². The summed E-state index contributed by atoms with van der Waals surface area (Å²) in [7, 11) is 1.76. The van der Waals surface area contributed by atoms with E-state index in [1.54, 1.807) is 11.9 Å².